The average Bonchev–Trinajstić information content (AvgIpc) is 2.84. The van der Waals surface area contributed by atoms with Gasteiger partial charge in [-0.15, -0.1) is 0 Å². The van der Waals surface area contributed by atoms with Crippen molar-refractivity contribution in [3.8, 4) is 11.8 Å². The summed E-state index contributed by atoms with van der Waals surface area (Å²) in [5.41, 5.74) is 1.75. The van der Waals surface area contributed by atoms with E-state index in [1.165, 1.54) is 19.3 Å². The smallest absolute Gasteiger partial charge is 0.136 e. The van der Waals surface area contributed by atoms with Gasteiger partial charge in [0.2, 0.25) is 0 Å². The molecule has 3 heteroatoms. The van der Waals surface area contributed by atoms with Crippen LogP contribution in [-0.2, 0) is 6.54 Å². The zero-order chi connectivity index (χ0) is 13.7. The van der Waals surface area contributed by atoms with Crippen LogP contribution >= 0.6 is 0 Å². The molecule has 3 nitrogen and oxygen atoms in total. The quantitative estimate of drug-likeness (QED) is 0.882. The Bertz CT molecular complexity index is 464. The van der Waals surface area contributed by atoms with E-state index in [0.717, 1.165) is 30.5 Å². The van der Waals surface area contributed by atoms with Gasteiger partial charge in [-0.3, -0.25) is 0 Å². The van der Waals surface area contributed by atoms with Crippen molar-refractivity contribution in [2.24, 2.45) is 11.8 Å². The molecule has 0 spiro atoms. The van der Waals surface area contributed by atoms with Crippen molar-refractivity contribution in [2.45, 2.75) is 32.7 Å². The molecule has 2 unspecified atom stereocenters. The molecule has 0 heterocycles. The fraction of sp³-hybridized carbons (Fsp3) is 0.562. The van der Waals surface area contributed by atoms with Gasteiger partial charge in [0.1, 0.15) is 11.8 Å². The molecule has 1 N–H and O–H groups in total. The number of hydrogen-bond acceptors (Lipinski definition) is 3. The van der Waals surface area contributed by atoms with Crippen LogP contribution in [0.25, 0.3) is 0 Å². The van der Waals surface area contributed by atoms with E-state index in [9.17, 15) is 0 Å². The normalized spacial score (nSPS) is 22.2. The first-order chi connectivity index (χ1) is 9.22. The van der Waals surface area contributed by atoms with Crippen molar-refractivity contribution < 1.29 is 4.74 Å². The predicted octanol–water partition coefficient (Wildman–Crippen LogP) is 3.09. The zero-order valence-electron chi connectivity index (χ0n) is 11.8. The van der Waals surface area contributed by atoms with Gasteiger partial charge in [-0.2, -0.15) is 5.26 Å². The van der Waals surface area contributed by atoms with Gasteiger partial charge in [0, 0.05) is 6.54 Å². The Labute approximate surface area is 115 Å². The molecule has 0 bridgehead atoms. The van der Waals surface area contributed by atoms with E-state index in [4.69, 9.17) is 10.00 Å². The third-order valence-corrected chi connectivity index (χ3v) is 3.95. The first kappa shape index (κ1) is 13.9. The molecular formula is C16H22N2O. The summed E-state index contributed by atoms with van der Waals surface area (Å²) in [7, 11) is 1.59. The Balaban J connectivity index is 1.84. The van der Waals surface area contributed by atoms with E-state index in [1.807, 2.05) is 18.2 Å². The maximum atomic E-state index is 9.05. The SMILES string of the molecule is COc1ccc(CNCC2CCC(C)C2)cc1C#N. The van der Waals surface area contributed by atoms with Crippen LogP contribution in [0.5, 0.6) is 5.75 Å². The lowest BCUT2D eigenvalue weighted by molar-refractivity contribution is 0.413. The molecule has 1 fully saturated rings. The molecule has 1 aromatic carbocycles. The van der Waals surface area contributed by atoms with Crippen molar-refractivity contribution in [3.63, 3.8) is 0 Å². The van der Waals surface area contributed by atoms with Crippen LogP contribution in [-0.4, -0.2) is 13.7 Å². The number of rotatable bonds is 5. The largest absolute Gasteiger partial charge is 0.495 e. The molecule has 1 aromatic rings. The van der Waals surface area contributed by atoms with Crippen molar-refractivity contribution in [1.82, 2.24) is 5.32 Å². The Morgan fingerprint density at radius 1 is 1.42 bits per heavy atom. The van der Waals surface area contributed by atoms with Gasteiger partial charge >= 0.3 is 0 Å². The summed E-state index contributed by atoms with van der Waals surface area (Å²) < 4.78 is 5.15. The summed E-state index contributed by atoms with van der Waals surface area (Å²) in [6.07, 6.45) is 4.06. The highest BCUT2D eigenvalue weighted by Crippen LogP contribution is 2.29. The summed E-state index contributed by atoms with van der Waals surface area (Å²) in [6.45, 7) is 4.24. The van der Waals surface area contributed by atoms with Crippen LogP contribution in [0.3, 0.4) is 0 Å². The van der Waals surface area contributed by atoms with Crippen LogP contribution in [0.1, 0.15) is 37.3 Å². The lowest BCUT2D eigenvalue weighted by Gasteiger charge is -2.12. The molecule has 0 saturated heterocycles. The number of hydrogen-bond donors (Lipinski definition) is 1. The second kappa shape index (κ2) is 6.58. The van der Waals surface area contributed by atoms with Crippen molar-refractivity contribution >= 4 is 0 Å². The van der Waals surface area contributed by atoms with Gasteiger partial charge in [0.15, 0.2) is 0 Å². The van der Waals surface area contributed by atoms with Crippen LogP contribution in [0.15, 0.2) is 18.2 Å². The maximum absolute atomic E-state index is 9.05. The predicted molar refractivity (Wildman–Crippen MR) is 75.9 cm³/mol. The molecular weight excluding hydrogens is 236 g/mol. The fourth-order valence-electron chi connectivity index (χ4n) is 2.88. The highest BCUT2D eigenvalue weighted by molar-refractivity contribution is 5.45. The summed E-state index contributed by atoms with van der Waals surface area (Å²) in [6, 6.07) is 7.96. The number of methoxy groups -OCH3 is 1. The first-order valence-electron chi connectivity index (χ1n) is 7.00. The molecule has 0 amide bonds. The second-order valence-corrected chi connectivity index (χ2v) is 5.56. The minimum absolute atomic E-state index is 0.608. The number of nitrogens with zero attached hydrogens (tertiary/aromatic N) is 1. The number of ether oxygens (including phenoxy) is 1. The summed E-state index contributed by atoms with van der Waals surface area (Å²) in [5, 5.41) is 12.6. The molecule has 1 aliphatic rings. The van der Waals surface area contributed by atoms with E-state index in [2.05, 4.69) is 18.3 Å². The second-order valence-electron chi connectivity index (χ2n) is 5.56. The summed E-state index contributed by atoms with van der Waals surface area (Å²) in [5.74, 6) is 2.36. The molecule has 0 radical (unpaired) electrons. The summed E-state index contributed by atoms with van der Waals surface area (Å²) in [4.78, 5) is 0. The Morgan fingerprint density at radius 2 is 2.26 bits per heavy atom. The van der Waals surface area contributed by atoms with Gasteiger partial charge in [0.25, 0.3) is 0 Å². The van der Waals surface area contributed by atoms with Crippen LogP contribution in [0.4, 0.5) is 0 Å². The Morgan fingerprint density at radius 3 is 2.89 bits per heavy atom. The van der Waals surface area contributed by atoms with E-state index >= 15 is 0 Å². The molecule has 102 valence electrons. The Hall–Kier alpha value is -1.53. The highest BCUT2D eigenvalue weighted by atomic mass is 16.5. The minimum Gasteiger partial charge on any atom is -0.495 e. The van der Waals surface area contributed by atoms with E-state index in [0.29, 0.717) is 11.3 Å². The lowest BCUT2D eigenvalue weighted by Crippen LogP contribution is -2.21. The topological polar surface area (TPSA) is 45.0 Å². The minimum atomic E-state index is 0.608. The number of nitriles is 1. The molecule has 2 rings (SSSR count). The third kappa shape index (κ3) is 3.71. The maximum Gasteiger partial charge on any atom is 0.136 e. The monoisotopic (exact) mass is 258 g/mol. The van der Waals surface area contributed by atoms with Crippen molar-refractivity contribution in [3.05, 3.63) is 29.3 Å². The standard InChI is InChI=1S/C16H22N2O/c1-12-3-4-13(7-12)10-18-11-14-5-6-16(19-2)15(8-14)9-17/h5-6,8,12-13,18H,3-4,7,10-11H2,1-2H3. The van der Waals surface area contributed by atoms with Gasteiger partial charge in [-0.25, -0.2) is 0 Å². The van der Waals surface area contributed by atoms with Crippen LogP contribution in [0, 0.1) is 23.2 Å². The van der Waals surface area contributed by atoms with Gasteiger partial charge < -0.3 is 10.1 Å². The van der Waals surface area contributed by atoms with Gasteiger partial charge in [0.05, 0.1) is 12.7 Å². The van der Waals surface area contributed by atoms with E-state index in [-0.39, 0.29) is 0 Å². The van der Waals surface area contributed by atoms with Gasteiger partial charge in [-0.05, 0) is 48.9 Å². The van der Waals surface area contributed by atoms with Crippen LogP contribution in [0.2, 0.25) is 0 Å². The molecule has 1 saturated carbocycles. The van der Waals surface area contributed by atoms with Crippen molar-refractivity contribution in [1.29, 1.82) is 5.26 Å². The third-order valence-electron chi connectivity index (χ3n) is 3.95. The highest BCUT2D eigenvalue weighted by Gasteiger charge is 2.20. The van der Waals surface area contributed by atoms with Crippen molar-refractivity contribution in [2.75, 3.05) is 13.7 Å². The first-order valence-corrected chi connectivity index (χ1v) is 7.00. The zero-order valence-corrected chi connectivity index (χ0v) is 11.8. The van der Waals surface area contributed by atoms with E-state index < -0.39 is 0 Å². The molecule has 0 aromatic heterocycles. The van der Waals surface area contributed by atoms with Crippen LogP contribution < -0.4 is 10.1 Å². The number of benzene rings is 1. The summed E-state index contributed by atoms with van der Waals surface area (Å²) >= 11 is 0. The molecule has 2 atom stereocenters. The fourth-order valence-corrected chi connectivity index (χ4v) is 2.88. The molecule has 1 aliphatic carbocycles. The van der Waals surface area contributed by atoms with Gasteiger partial charge in [-0.1, -0.05) is 19.4 Å². The molecule has 19 heavy (non-hydrogen) atoms. The average molecular weight is 258 g/mol. The van der Waals surface area contributed by atoms with E-state index in [1.54, 1.807) is 7.11 Å². The number of nitrogens with one attached hydrogen (secondary N) is 1. The Kier molecular flexibility index (Phi) is 4.81. The lowest BCUT2D eigenvalue weighted by atomic mass is 10.1. The molecule has 0 aliphatic heterocycles.